The Morgan fingerprint density at radius 2 is 2.14 bits per heavy atom. The number of ether oxygens (including phenoxy) is 1. The average Bonchev–Trinajstić information content (AvgIpc) is 2.51. The van der Waals surface area contributed by atoms with Gasteiger partial charge in [-0.3, -0.25) is 9.78 Å². The van der Waals surface area contributed by atoms with Crippen molar-refractivity contribution < 1.29 is 9.53 Å². The minimum atomic E-state index is -0.0698. The van der Waals surface area contributed by atoms with Crippen molar-refractivity contribution in [2.75, 3.05) is 6.54 Å². The lowest BCUT2D eigenvalue weighted by molar-refractivity contribution is -0.123. The van der Waals surface area contributed by atoms with E-state index in [1.54, 1.807) is 6.20 Å². The fourth-order valence-electron chi connectivity index (χ4n) is 3.94. The van der Waals surface area contributed by atoms with E-state index in [9.17, 15) is 4.79 Å². The zero-order valence-corrected chi connectivity index (χ0v) is 13.5. The molecular formula is C18H26N2O2. The first-order valence-electron chi connectivity index (χ1n) is 8.50. The van der Waals surface area contributed by atoms with Gasteiger partial charge >= 0.3 is 0 Å². The molecule has 1 amide bonds. The van der Waals surface area contributed by atoms with E-state index >= 15 is 0 Å². The second kappa shape index (κ2) is 6.78. The van der Waals surface area contributed by atoms with E-state index in [0.717, 1.165) is 44.3 Å². The smallest absolute Gasteiger partial charge is 0.229 e. The standard InChI is InChI=1S/C18H26N2O2/c1-12-9-14(10-13(2)22-12)11-20-18(21)16-7-3-5-15-6-4-8-19-17(15)16/h4,6,8,12-14,16H,3,5,7,9-11H2,1-2H3,(H,20,21). The van der Waals surface area contributed by atoms with Crippen molar-refractivity contribution in [3.05, 3.63) is 29.6 Å². The molecule has 1 saturated heterocycles. The van der Waals surface area contributed by atoms with Crippen molar-refractivity contribution in [3.63, 3.8) is 0 Å². The quantitative estimate of drug-likeness (QED) is 0.934. The van der Waals surface area contributed by atoms with E-state index in [1.165, 1.54) is 5.56 Å². The molecule has 1 aliphatic heterocycles. The third-order valence-electron chi connectivity index (χ3n) is 4.87. The molecule has 1 N–H and O–H groups in total. The summed E-state index contributed by atoms with van der Waals surface area (Å²) in [7, 11) is 0. The van der Waals surface area contributed by atoms with Gasteiger partial charge in [0, 0.05) is 12.7 Å². The van der Waals surface area contributed by atoms with Crippen molar-refractivity contribution in [1.82, 2.24) is 10.3 Å². The summed E-state index contributed by atoms with van der Waals surface area (Å²) < 4.78 is 5.76. The molecule has 3 unspecified atom stereocenters. The molecule has 0 aromatic carbocycles. The van der Waals surface area contributed by atoms with Crippen LogP contribution in [0.3, 0.4) is 0 Å². The summed E-state index contributed by atoms with van der Waals surface area (Å²) in [5.74, 6) is 0.598. The zero-order valence-electron chi connectivity index (χ0n) is 13.5. The summed E-state index contributed by atoms with van der Waals surface area (Å²) in [6.07, 6.45) is 7.48. The largest absolute Gasteiger partial charge is 0.376 e. The van der Waals surface area contributed by atoms with Crippen LogP contribution in [0.15, 0.2) is 18.3 Å². The van der Waals surface area contributed by atoms with Gasteiger partial charge in [0.1, 0.15) is 0 Å². The number of pyridine rings is 1. The Bertz CT molecular complexity index is 522. The molecule has 4 heteroatoms. The van der Waals surface area contributed by atoms with E-state index in [0.29, 0.717) is 18.1 Å². The van der Waals surface area contributed by atoms with Crippen LogP contribution in [-0.2, 0) is 16.0 Å². The van der Waals surface area contributed by atoms with Crippen molar-refractivity contribution in [2.45, 2.75) is 64.1 Å². The molecule has 22 heavy (non-hydrogen) atoms. The third kappa shape index (κ3) is 3.49. The molecule has 2 aliphatic rings. The summed E-state index contributed by atoms with van der Waals surface area (Å²) in [6, 6.07) is 4.06. The molecule has 1 aromatic heterocycles. The number of rotatable bonds is 3. The number of amides is 1. The van der Waals surface area contributed by atoms with Gasteiger partial charge in [-0.15, -0.1) is 0 Å². The molecule has 1 aromatic rings. The van der Waals surface area contributed by atoms with Crippen LogP contribution in [0.4, 0.5) is 0 Å². The molecule has 0 saturated carbocycles. The number of carbonyl (C=O) groups is 1. The molecule has 0 radical (unpaired) electrons. The van der Waals surface area contributed by atoms with Crippen LogP contribution < -0.4 is 5.32 Å². The Morgan fingerprint density at radius 3 is 2.91 bits per heavy atom. The van der Waals surface area contributed by atoms with Crippen LogP contribution in [0.2, 0.25) is 0 Å². The molecule has 3 atom stereocenters. The van der Waals surface area contributed by atoms with Gasteiger partial charge in [-0.2, -0.15) is 0 Å². The number of fused-ring (bicyclic) bond motifs is 1. The normalized spacial score (nSPS) is 31.4. The number of aromatic nitrogens is 1. The number of nitrogens with zero attached hydrogens (tertiary/aromatic N) is 1. The number of hydrogen-bond acceptors (Lipinski definition) is 3. The Morgan fingerprint density at radius 1 is 1.36 bits per heavy atom. The summed E-state index contributed by atoms with van der Waals surface area (Å²) in [4.78, 5) is 17.0. The summed E-state index contributed by atoms with van der Waals surface area (Å²) in [6.45, 7) is 4.99. The van der Waals surface area contributed by atoms with Crippen LogP contribution in [0, 0.1) is 5.92 Å². The molecular weight excluding hydrogens is 276 g/mol. The second-order valence-corrected chi connectivity index (χ2v) is 6.83. The van der Waals surface area contributed by atoms with Gasteiger partial charge in [0.25, 0.3) is 0 Å². The van der Waals surface area contributed by atoms with Crippen molar-refractivity contribution in [1.29, 1.82) is 0 Å². The zero-order chi connectivity index (χ0) is 15.5. The average molecular weight is 302 g/mol. The van der Waals surface area contributed by atoms with Crippen LogP contribution >= 0.6 is 0 Å². The summed E-state index contributed by atoms with van der Waals surface area (Å²) >= 11 is 0. The fourth-order valence-corrected chi connectivity index (χ4v) is 3.94. The van der Waals surface area contributed by atoms with Crippen molar-refractivity contribution >= 4 is 5.91 Å². The molecule has 3 rings (SSSR count). The monoisotopic (exact) mass is 302 g/mol. The van der Waals surface area contributed by atoms with Gasteiger partial charge in [-0.1, -0.05) is 6.07 Å². The van der Waals surface area contributed by atoms with Crippen LogP contribution in [-0.4, -0.2) is 29.6 Å². The molecule has 120 valence electrons. The first kappa shape index (κ1) is 15.5. The lowest BCUT2D eigenvalue weighted by Gasteiger charge is -2.32. The molecule has 4 nitrogen and oxygen atoms in total. The number of carbonyl (C=O) groups excluding carboxylic acids is 1. The first-order chi connectivity index (χ1) is 10.6. The number of hydrogen-bond donors (Lipinski definition) is 1. The SMILES string of the molecule is CC1CC(CNC(=O)C2CCCc3cccnc32)CC(C)O1. The maximum atomic E-state index is 12.6. The van der Waals surface area contributed by atoms with Crippen LogP contribution in [0.1, 0.15) is 56.7 Å². The van der Waals surface area contributed by atoms with Gasteiger partial charge in [0.2, 0.25) is 5.91 Å². The highest BCUT2D eigenvalue weighted by atomic mass is 16.5. The first-order valence-corrected chi connectivity index (χ1v) is 8.50. The van der Waals surface area contributed by atoms with Crippen LogP contribution in [0.5, 0.6) is 0 Å². The maximum Gasteiger partial charge on any atom is 0.229 e. The third-order valence-corrected chi connectivity index (χ3v) is 4.87. The predicted molar refractivity (Wildman–Crippen MR) is 85.7 cm³/mol. The fraction of sp³-hybridized carbons (Fsp3) is 0.667. The van der Waals surface area contributed by atoms with Gasteiger partial charge < -0.3 is 10.1 Å². The van der Waals surface area contributed by atoms with Crippen molar-refractivity contribution in [3.8, 4) is 0 Å². The Labute approximate surface area is 132 Å². The van der Waals surface area contributed by atoms with Gasteiger partial charge in [0.15, 0.2) is 0 Å². The van der Waals surface area contributed by atoms with Crippen LogP contribution in [0.25, 0.3) is 0 Å². The Hall–Kier alpha value is -1.42. The predicted octanol–water partition coefficient (Wildman–Crippen LogP) is 2.82. The van der Waals surface area contributed by atoms with E-state index in [2.05, 4.69) is 30.2 Å². The molecule has 1 aliphatic carbocycles. The van der Waals surface area contributed by atoms with E-state index in [1.807, 2.05) is 6.07 Å². The van der Waals surface area contributed by atoms with E-state index in [-0.39, 0.29) is 11.8 Å². The number of nitrogens with one attached hydrogen (secondary N) is 1. The summed E-state index contributed by atoms with van der Waals surface area (Å²) in [5, 5.41) is 3.17. The van der Waals surface area contributed by atoms with E-state index < -0.39 is 0 Å². The highest BCUT2D eigenvalue weighted by Gasteiger charge is 2.29. The second-order valence-electron chi connectivity index (χ2n) is 6.83. The van der Waals surface area contributed by atoms with Gasteiger partial charge in [0.05, 0.1) is 23.8 Å². The minimum absolute atomic E-state index is 0.0698. The minimum Gasteiger partial charge on any atom is -0.376 e. The highest BCUT2D eigenvalue weighted by Crippen LogP contribution is 2.30. The lowest BCUT2D eigenvalue weighted by Crippen LogP contribution is -2.39. The summed E-state index contributed by atoms with van der Waals surface area (Å²) in [5.41, 5.74) is 2.22. The lowest BCUT2D eigenvalue weighted by atomic mass is 9.85. The van der Waals surface area contributed by atoms with Gasteiger partial charge in [-0.25, -0.2) is 0 Å². The topological polar surface area (TPSA) is 51.2 Å². The van der Waals surface area contributed by atoms with Crippen molar-refractivity contribution in [2.24, 2.45) is 5.92 Å². The number of aryl methyl sites for hydroxylation is 1. The molecule has 2 heterocycles. The maximum absolute atomic E-state index is 12.6. The molecule has 0 bridgehead atoms. The highest BCUT2D eigenvalue weighted by molar-refractivity contribution is 5.83. The Kier molecular flexibility index (Phi) is 4.77. The Balaban J connectivity index is 1.59. The molecule has 1 fully saturated rings. The van der Waals surface area contributed by atoms with Gasteiger partial charge in [-0.05, 0) is 63.5 Å². The van der Waals surface area contributed by atoms with E-state index in [4.69, 9.17) is 4.74 Å². The molecule has 0 spiro atoms.